The zero-order valence-corrected chi connectivity index (χ0v) is 13.0. The third kappa shape index (κ3) is 3.01. The Kier molecular flexibility index (Phi) is 4.57. The predicted octanol–water partition coefficient (Wildman–Crippen LogP) is 5.46. The Morgan fingerprint density at radius 1 is 0.833 bits per heavy atom. The Hall–Kier alpha value is -0.250. The lowest BCUT2D eigenvalue weighted by Crippen LogP contribution is -2.11. The van der Waals surface area contributed by atoms with E-state index in [1.165, 1.54) is 0 Å². The van der Waals surface area contributed by atoms with Crippen LogP contribution in [0, 0.1) is 0 Å². The summed E-state index contributed by atoms with van der Waals surface area (Å²) in [6.45, 7) is 0. The molecule has 0 aromatic heterocycles. The fourth-order valence-corrected chi connectivity index (χ4v) is 2.42. The second-order valence-corrected chi connectivity index (χ2v) is 5.90. The Morgan fingerprint density at radius 3 is 1.94 bits per heavy atom. The number of nitrogens with two attached hydrogens (primary N) is 1. The normalized spacial score (nSPS) is 12.5. The highest BCUT2D eigenvalue weighted by Gasteiger charge is 2.11. The summed E-state index contributed by atoms with van der Waals surface area (Å²) in [7, 11) is 0. The van der Waals surface area contributed by atoms with E-state index in [0.29, 0.717) is 15.1 Å². The molecule has 18 heavy (non-hydrogen) atoms. The van der Waals surface area contributed by atoms with Crippen molar-refractivity contribution < 1.29 is 0 Å². The molecule has 0 radical (unpaired) electrons. The van der Waals surface area contributed by atoms with E-state index >= 15 is 0 Å². The Morgan fingerprint density at radius 2 is 1.39 bits per heavy atom. The van der Waals surface area contributed by atoms with Gasteiger partial charge >= 0.3 is 0 Å². The van der Waals surface area contributed by atoms with Crippen LogP contribution < -0.4 is 5.73 Å². The summed E-state index contributed by atoms with van der Waals surface area (Å²) in [5.41, 5.74) is 8.04. The van der Waals surface area contributed by atoms with Gasteiger partial charge in [-0.15, -0.1) is 0 Å². The Balaban J connectivity index is 2.37. The molecule has 0 aliphatic heterocycles. The molecular formula is C13H9BrCl3N. The molecule has 2 aromatic carbocycles. The molecule has 1 nitrogen and oxygen atoms in total. The number of rotatable bonds is 2. The van der Waals surface area contributed by atoms with E-state index in [-0.39, 0.29) is 6.04 Å². The molecule has 0 heterocycles. The first-order valence-corrected chi connectivity index (χ1v) is 7.07. The molecule has 1 unspecified atom stereocenters. The van der Waals surface area contributed by atoms with Crippen LogP contribution in [0.3, 0.4) is 0 Å². The van der Waals surface area contributed by atoms with E-state index in [9.17, 15) is 0 Å². The quantitative estimate of drug-likeness (QED) is 0.752. The second-order valence-electron chi connectivity index (χ2n) is 3.82. The molecule has 2 rings (SSSR count). The van der Waals surface area contributed by atoms with E-state index in [1.54, 1.807) is 18.2 Å². The first-order chi connectivity index (χ1) is 8.49. The van der Waals surface area contributed by atoms with Crippen molar-refractivity contribution in [2.75, 3.05) is 0 Å². The smallest absolute Gasteiger partial charge is 0.0595 e. The van der Waals surface area contributed by atoms with Crippen LogP contribution in [0.5, 0.6) is 0 Å². The number of hydrogen-bond donors (Lipinski definition) is 1. The molecule has 0 fully saturated rings. The minimum absolute atomic E-state index is 0.270. The molecule has 0 aliphatic rings. The predicted molar refractivity (Wildman–Crippen MR) is 81.6 cm³/mol. The first kappa shape index (κ1) is 14.2. The van der Waals surface area contributed by atoms with E-state index in [0.717, 1.165) is 15.6 Å². The van der Waals surface area contributed by atoms with E-state index < -0.39 is 0 Å². The van der Waals surface area contributed by atoms with Gasteiger partial charge in [-0.1, -0.05) is 46.9 Å². The second kappa shape index (κ2) is 5.81. The van der Waals surface area contributed by atoms with E-state index in [2.05, 4.69) is 15.9 Å². The third-order valence-electron chi connectivity index (χ3n) is 2.61. The van der Waals surface area contributed by atoms with Gasteiger partial charge in [0, 0.05) is 4.47 Å². The van der Waals surface area contributed by atoms with Gasteiger partial charge < -0.3 is 5.73 Å². The topological polar surface area (TPSA) is 26.0 Å². The van der Waals surface area contributed by atoms with Gasteiger partial charge in [-0.25, -0.2) is 0 Å². The van der Waals surface area contributed by atoms with Crippen molar-refractivity contribution in [2.24, 2.45) is 5.73 Å². The van der Waals surface area contributed by atoms with Gasteiger partial charge in [-0.2, -0.15) is 0 Å². The average Bonchev–Trinajstić information content (AvgIpc) is 2.35. The lowest BCUT2D eigenvalue weighted by atomic mass is 10.00. The highest BCUT2D eigenvalue weighted by Crippen LogP contribution is 2.30. The van der Waals surface area contributed by atoms with Gasteiger partial charge in [-0.3, -0.25) is 0 Å². The van der Waals surface area contributed by atoms with E-state index in [4.69, 9.17) is 40.5 Å². The van der Waals surface area contributed by atoms with Gasteiger partial charge in [0.15, 0.2) is 0 Å². The molecular weight excluding hydrogens is 356 g/mol. The van der Waals surface area contributed by atoms with Gasteiger partial charge in [0.05, 0.1) is 21.1 Å². The fourth-order valence-electron chi connectivity index (χ4n) is 1.60. The highest BCUT2D eigenvalue weighted by molar-refractivity contribution is 9.10. The summed E-state index contributed by atoms with van der Waals surface area (Å²) in [5, 5.41) is 1.67. The summed E-state index contributed by atoms with van der Waals surface area (Å²) in [4.78, 5) is 0. The fraction of sp³-hybridized carbons (Fsp3) is 0.0769. The minimum atomic E-state index is -0.270. The average molecular weight is 365 g/mol. The van der Waals surface area contributed by atoms with Crippen LogP contribution in [0.1, 0.15) is 17.2 Å². The molecule has 0 saturated heterocycles. The Bertz CT molecular complexity index is 535. The van der Waals surface area contributed by atoms with Crippen LogP contribution in [0.25, 0.3) is 0 Å². The van der Waals surface area contributed by atoms with Crippen molar-refractivity contribution in [3.05, 3.63) is 67.1 Å². The molecule has 2 N–H and O–H groups in total. The summed E-state index contributed by atoms with van der Waals surface area (Å²) >= 11 is 21.2. The number of hydrogen-bond acceptors (Lipinski definition) is 1. The van der Waals surface area contributed by atoms with Crippen LogP contribution in [-0.2, 0) is 0 Å². The van der Waals surface area contributed by atoms with Crippen LogP contribution >= 0.6 is 50.7 Å². The maximum absolute atomic E-state index is 6.19. The molecule has 0 saturated carbocycles. The van der Waals surface area contributed by atoms with Crippen molar-refractivity contribution in [2.45, 2.75) is 6.04 Å². The van der Waals surface area contributed by atoms with Crippen LogP contribution in [0.2, 0.25) is 15.1 Å². The van der Waals surface area contributed by atoms with Crippen LogP contribution in [-0.4, -0.2) is 0 Å². The molecule has 5 heteroatoms. The third-order valence-corrected chi connectivity index (χ3v) is 4.56. The minimum Gasteiger partial charge on any atom is -0.320 e. The molecule has 94 valence electrons. The zero-order chi connectivity index (χ0) is 13.3. The monoisotopic (exact) mass is 363 g/mol. The Labute approximate surface area is 129 Å². The molecule has 0 spiro atoms. The molecule has 0 aliphatic carbocycles. The highest BCUT2D eigenvalue weighted by atomic mass is 79.9. The van der Waals surface area contributed by atoms with Crippen LogP contribution in [0.15, 0.2) is 40.9 Å². The standard InChI is InChI=1S/C13H9BrCl3N/c14-9-5-7(1-3-10(9)15)13(18)8-2-4-11(16)12(17)6-8/h1-6,13H,18H2. The van der Waals surface area contributed by atoms with Gasteiger partial charge in [0.25, 0.3) is 0 Å². The maximum atomic E-state index is 6.19. The van der Waals surface area contributed by atoms with Crippen LogP contribution in [0.4, 0.5) is 0 Å². The maximum Gasteiger partial charge on any atom is 0.0595 e. The SMILES string of the molecule is NC(c1ccc(Cl)c(Cl)c1)c1ccc(Cl)c(Br)c1. The summed E-state index contributed by atoms with van der Waals surface area (Å²) in [5.74, 6) is 0. The van der Waals surface area contributed by atoms with Gasteiger partial charge in [-0.05, 0) is 51.3 Å². The van der Waals surface area contributed by atoms with Crippen molar-refractivity contribution >= 4 is 50.7 Å². The summed E-state index contributed by atoms with van der Waals surface area (Å²) in [6.07, 6.45) is 0. The molecule has 0 amide bonds. The lowest BCUT2D eigenvalue weighted by molar-refractivity contribution is 0.871. The first-order valence-electron chi connectivity index (χ1n) is 5.14. The van der Waals surface area contributed by atoms with Crippen molar-refractivity contribution in [1.82, 2.24) is 0 Å². The van der Waals surface area contributed by atoms with Gasteiger partial charge in [0.2, 0.25) is 0 Å². The molecule has 0 bridgehead atoms. The number of benzene rings is 2. The van der Waals surface area contributed by atoms with E-state index in [1.807, 2.05) is 18.2 Å². The number of halogens is 4. The molecule has 1 atom stereocenters. The summed E-state index contributed by atoms with van der Waals surface area (Å²) in [6, 6.07) is 10.7. The molecule has 2 aromatic rings. The van der Waals surface area contributed by atoms with Gasteiger partial charge in [0.1, 0.15) is 0 Å². The van der Waals surface area contributed by atoms with Crippen molar-refractivity contribution in [1.29, 1.82) is 0 Å². The summed E-state index contributed by atoms with van der Waals surface area (Å²) < 4.78 is 0.817. The zero-order valence-electron chi connectivity index (χ0n) is 9.13. The largest absolute Gasteiger partial charge is 0.320 e. The van der Waals surface area contributed by atoms with Crippen molar-refractivity contribution in [3.8, 4) is 0 Å². The van der Waals surface area contributed by atoms with Crippen molar-refractivity contribution in [3.63, 3.8) is 0 Å². The lowest BCUT2D eigenvalue weighted by Gasteiger charge is -2.14.